The van der Waals surface area contributed by atoms with Crippen LogP contribution in [-0.4, -0.2) is 44.7 Å². The highest BCUT2D eigenvalue weighted by Crippen LogP contribution is 2.19. The molecule has 7 heteroatoms. The summed E-state index contributed by atoms with van der Waals surface area (Å²) in [5.74, 6) is -1.29. The Morgan fingerprint density at radius 1 is 1.20 bits per heavy atom. The molecule has 1 N–H and O–H groups in total. The van der Waals surface area contributed by atoms with Crippen LogP contribution in [0, 0.1) is 12.8 Å². The van der Waals surface area contributed by atoms with E-state index >= 15 is 0 Å². The molecule has 0 aliphatic carbocycles. The van der Waals surface area contributed by atoms with Crippen LogP contribution in [0.3, 0.4) is 0 Å². The maximum absolute atomic E-state index is 12.0. The van der Waals surface area contributed by atoms with Crippen molar-refractivity contribution in [2.45, 2.75) is 33.2 Å². The standard InChI is InChI=1S/C18H25NO6/c1-6-11(2)16(18(22)24-5)19-15(20)10-25-17(21)13-8-7-12(3)14(9-13)23-4/h7-9,11,16H,6,10H2,1-5H3,(H,19,20)/t11-,16-/m1/s1. The van der Waals surface area contributed by atoms with Gasteiger partial charge in [-0.3, -0.25) is 4.79 Å². The molecule has 2 atom stereocenters. The normalized spacial score (nSPS) is 12.7. The molecule has 0 spiro atoms. The highest BCUT2D eigenvalue weighted by Gasteiger charge is 2.27. The molecular weight excluding hydrogens is 326 g/mol. The fourth-order valence-corrected chi connectivity index (χ4v) is 2.17. The zero-order valence-corrected chi connectivity index (χ0v) is 15.3. The van der Waals surface area contributed by atoms with Gasteiger partial charge in [-0.1, -0.05) is 26.3 Å². The van der Waals surface area contributed by atoms with Gasteiger partial charge < -0.3 is 19.5 Å². The van der Waals surface area contributed by atoms with Crippen molar-refractivity contribution in [1.82, 2.24) is 5.32 Å². The molecule has 0 saturated heterocycles. The highest BCUT2D eigenvalue weighted by molar-refractivity contribution is 5.92. The SMILES string of the molecule is CC[C@@H](C)[C@@H](NC(=O)COC(=O)c1ccc(C)c(OC)c1)C(=O)OC. The summed E-state index contributed by atoms with van der Waals surface area (Å²) in [5.41, 5.74) is 1.16. The lowest BCUT2D eigenvalue weighted by Gasteiger charge is -2.21. The fraction of sp³-hybridized carbons (Fsp3) is 0.500. The van der Waals surface area contributed by atoms with Gasteiger partial charge in [0.05, 0.1) is 19.8 Å². The summed E-state index contributed by atoms with van der Waals surface area (Å²) in [6.07, 6.45) is 0.684. The van der Waals surface area contributed by atoms with Crippen LogP contribution in [0.4, 0.5) is 0 Å². The molecule has 0 heterocycles. The van der Waals surface area contributed by atoms with Crippen LogP contribution in [0.15, 0.2) is 18.2 Å². The van der Waals surface area contributed by atoms with E-state index in [-0.39, 0.29) is 11.5 Å². The molecule has 0 saturated carbocycles. The van der Waals surface area contributed by atoms with Crippen LogP contribution in [0.25, 0.3) is 0 Å². The maximum atomic E-state index is 12.0. The Balaban J connectivity index is 2.65. The molecule has 7 nitrogen and oxygen atoms in total. The minimum Gasteiger partial charge on any atom is -0.496 e. The third-order valence-electron chi connectivity index (χ3n) is 3.96. The van der Waals surface area contributed by atoms with Crippen LogP contribution in [-0.2, 0) is 19.1 Å². The molecule has 0 unspecified atom stereocenters. The zero-order valence-electron chi connectivity index (χ0n) is 15.3. The quantitative estimate of drug-likeness (QED) is 0.719. The van der Waals surface area contributed by atoms with Gasteiger partial charge in [0.2, 0.25) is 0 Å². The minimum atomic E-state index is -0.777. The number of esters is 2. The van der Waals surface area contributed by atoms with Crippen molar-refractivity contribution in [3.63, 3.8) is 0 Å². The van der Waals surface area contributed by atoms with Crippen LogP contribution in [0.2, 0.25) is 0 Å². The van der Waals surface area contributed by atoms with Gasteiger partial charge in [-0.15, -0.1) is 0 Å². The third-order valence-corrected chi connectivity index (χ3v) is 3.96. The van der Waals surface area contributed by atoms with Crippen molar-refractivity contribution in [3.8, 4) is 5.75 Å². The maximum Gasteiger partial charge on any atom is 0.338 e. The number of rotatable bonds is 8. The zero-order chi connectivity index (χ0) is 19.0. The van der Waals surface area contributed by atoms with E-state index in [1.54, 1.807) is 18.2 Å². The Morgan fingerprint density at radius 2 is 1.88 bits per heavy atom. The Hall–Kier alpha value is -2.57. The topological polar surface area (TPSA) is 90.9 Å². The summed E-state index contributed by atoms with van der Waals surface area (Å²) in [6.45, 7) is 5.09. The number of amides is 1. The van der Waals surface area contributed by atoms with E-state index in [1.807, 2.05) is 20.8 Å². The first-order valence-electron chi connectivity index (χ1n) is 8.02. The number of hydrogen-bond acceptors (Lipinski definition) is 6. The van der Waals surface area contributed by atoms with Crippen molar-refractivity contribution in [1.29, 1.82) is 0 Å². The molecule has 0 aliphatic rings. The smallest absolute Gasteiger partial charge is 0.338 e. The van der Waals surface area contributed by atoms with Crippen LogP contribution in [0.1, 0.15) is 36.2 Å². The average molecular weight is 351 g/mol. The van der Waals surface area contributed by atoms with Crippen molar-refractivity contribution in [2.75, 3.05) is 20.8 Å². The summed E-state index contributed by atoms with van der Waals surface area (Å²) in [4.78, 5) is 35.8. The molecule has 0 fully saturated rings. The molecule has 1 amide bonds. The lowest BCUT2D eigenvalue weighted by molar-refractivity contribution is -0.147. The van der Waals surface area contributed by atoms with Crippen molar-refractivity contribution >= 4 is 17.8 Å². The van der Waals surface area contributed by atoms with E-state index in [9.17, 15) is 14.4 Å². The Morgan fingerprint density at radius 3 is 2.44 bits per heavy atom. The van der Waals surface area contributed by atoms with E-state index in [4.69, 9.17) is 14.2 Å². The number of carbonyl (C=O) groups excluding carboxylic acids is 3. The minimum absolute atomic E-state index is 0.103. The molecule has 1 rings (SSSR count). The Bertz CT molecular complexity index is 628. The second kappa shape index (κ2) is 9.66. The van der Waals surface area contributed by atoms with Crippen LogP contribution >= 0.6 is 0 Å². The molecule has 0 radical (unpaired) electrons. The molecule has 0 bridgehead atoms. The first-order valence-corrected chi connectivity index (χ1v) is 8.02. The third kappa shape index (κ3) is 5.77. The van der Waals surface area contributed by atoms with E-state index in [0.29, 0.717) is 12.2 Å². The molecule has 0 aliphatic heterocycles. The predicted molar refractivity (Wildman–Crippen MR) is 91.4 cm³/mol. The van der Waals surface area contributed by atoms with Crippen molar-refractivity contribution in [2.24, 2.45) is 5.92 Å². The van der Waals surface area contributed by atoms with E-state index in [2.05, 4.69) is 5.32 Å². The second-order valence-corrected chi connectivity index (χ2v) is 5.71. The first-order chi connectivity index (χ1) is 11.8. The summed E-state index contributed by atoms with van der Waals surface area (Å²) in [7, 11) is 2.77. The number of carbonyl (C=O) groups is 3. The summed E-state index contributed by atoms with van der Waals surface area (Å²) in [6, 6.07) is 4.09. The summed E-state index contributed by atoms with van der Waals surface area (Å²) in [5, 5.41) is 2.54. The number of aryl methyl sites for hydroxylation is 1. The summed E-state index contributed by atoms with van der Waals surface area (Å²) < 4.78 is 14.8. The number of hydrogen-bond donors (Lipinski definition) is 1. The fourth-order valence-electron chi connectivity index (χ4n) is 2.17. The van der Waals surface area contributed by atoms with E-state index in [1.165, 1.54) is 14.2 Å². The largest absolute Gasteiger partial charge is 0.496 e. The molecule has 1 aromatic carbocycles. The van der Waals surface area contributed by atoms with Gasteiger partial charge in [-0.25, -0.2) is 9.59 Å². The van der Waals surface area contributed by atoms with Gasteiger partial charge in [-0.2, -0.15) is 0 Å². The molecule has 1 aromatic rings. The van der Waals surface area contributed by atoms with Gasteiger partial charge in [0.15, 0.2) is 6.61 Å². The van der Waals surface area contributed by atoms with Gasteiger partial charge >= 0.3 is 11.9 Å². The summed E-state index contributed by atoms with van der Waals surface area (Å²) >= 11 is 0. The monoisotopic (exact) mass is 351 g/mol. The molecule has 138 valence electrons. The van der Waals surface area contributed by atoms with Crippen molar-refractivity contribution in [3.05, 3.63) is 29.3 Å². The van der Waals surface area contributed by atoms with Gasteiger partial charge in [0.1, 0.15) is 11.8 Å². The van der Waals surface area contributed by atoms with Crippen LogP contribution < -0.4 is 10.1 Å². The van der Waals surface area contributed by atoms with E-state index < -0.39 is 30.5 Å². The molecule has 25 heavy (non-hydrogen) atoms. The lowest BCUT2D eigenvalue weighted by Crippen LogP contribution is -2.47. The Labute approximate surface area is 147 Å². The second-order valence-electron chi connectivity index (χ2n) is 5.71. The lowest BCUT2D eigenvalue weighted by atomic mass is 9.99. The number of nitrogens with one attached hydrogen (secondary N) is 1. The van der Waals surface area contributed by atoms with Gasteiger partial charge in [-0.05, 0) is 30.5 Å². The van der Waals surface area contributed by atoms with Gasteiger partial charge in [0, 0.05) is 0 Å². The number of benzene rings is 1. The molecular formula is C18H25NO6. The number of ether oxygens (including phenoxy) is 3. The number of methoxy groups -OCH3 is 2. The van der Waals surface area contributed by atoms with Crippen LogP contribution in [0.5, 0.6) is 5.75 Å². The predicted octanol–water partition coefficient (Wildman–Crippen LogP) is 1.86. The van der Waals surface area contributed by atoms with E-state index in [0.717, 1.165) is 5.56 Å². The average Bonchev–Trinajstić information content (AvgIpc) is 2.63. The molecule has 0 aromatic heterocycles. The first kappa shape index (κ1) is 20.5. The van der Waals surface area contributed by atoms with Gasteiger partial charge in [0.25, 0.3) is 5.91 Å². The Kier molecular flexibility index (Phi) is 7.91. The van der Waals surface area contributed by atoms with Crippen molar-refractivity contribution < 1.29 is 28.6 Å². The highest BCUT2D eigenvalue weighted by atomic mass is 16.5.